The zero-order valence-electron chi connectivity index (χ0n) is 19.7. The Morgan fingerprint density at radius 3 is 1.91 bits per heavy atom. The van der Waals surface area contributed by atoms with Gasteiger partial charge in [0.1, 0.15) is 0 Å². The minimum absolute atomic E-state index is 0.0207. The predicted molar refractivity (Wildman–Crippen MR) is 135 cm³/mol. The number of rotatable bonds is 5. The highest BCUT2D eigenvalue weighted by Gasteiger charge is 2.29. The van der Waals surface area contributed by atoms with E-state index in [2.05, 4.69) is 9.12 Å². The number of benzene rings is 3. The molecule has 7 nitrogen and oxygen atoms in total. The lowest BCUT2D eigenvalue weighted by molar-refractivity contribution is 0.102. The van der Waals surface area contributed by atoms with Gasteiger partial charge in [-0.1, -0.05) is 59.7 Å². The Labute approximate surface area is 205 Å². The van der Waals surface area contributed by atoms with Gasteiger partial charge in [-0.05, 0) is 57.0 Å². The van der Waals surface area contributed by atoms with Crippen LogP contribution in [0.3, 0.4) is 0 Å². The van der Waals surface area contributed by atoms with Crippen LogP contribution in [0.15, 0.2) is 86.6 Å². The Hall–Kier alpha value is -3.56. The first kappa shape index (κ1) is 24.6. The number of carbonyl (C=O) groups excluding carboxylic acids is 1. The van der Waals surface area contributed by atoms with Gasteiger partial charge in [-0.2, -0.15) is 12.8 Å². The molecule has 35 heavy (non-hydrogen) atoms. The maximum absolute atomic E-state index is 13.3. The summed E-state index contributed by atoms with van der Waals surface area (Å²) in [7, 11) is -8.26. The average Bonchev–Trinajstić information content (AvgIpc) is 2.76. The minimum atomic E-state index is -4.17. The zero-order valence-corrected chi connectivity index (χ0v) is 21.3. The van der Waals surface area contributed by atoms with Crippen molar-refractivity contribution >= 4 is 31.5 Å². The van der Waals surface area contributed by atoms with Crippen LogP contribution >= 0.6 is 0 Å². The standard InChI is InChI=1S/C26H24N2O5S2/c1-16-9-11-20(12-10-16)34(30,31)28-24-15-23(21-7-5-6-8-22(21)25(24)29)27-35(32,33)26-18(3)13-17(2)14-19(26)4/h5-15,28H,1-4H3/b27-23-. The first-order valence-electron chi connectivity index (χ1n) is 10.8. The summed E-state index contributed by atoms with van der Waals surface area (Å²) in [6.07, 6.45) is 1.17. The third kappa shape index (κ3) is 4.82. The molecule has 0 saturated heterocycles. The van der Waals surface area contributed by atoms with E-state index in [0.717, 1.165) is 11.1 Å². The highest BCUT2D eigenvalue weighted by Crippen LogP contribution is 2.27. The molecule has 1 N–H and O–H groups in total. The lowest BCUT2D eigenvalue weighted by atomic mass is 9.93. The van der Waals surface area contributed by atoms with E-state index in [1.807, 2.05) is 13.8 Å². The van der Waals surface area contributed by atoms with E-state index >= 15 is 0 Å². The van der Waals surface area contributed by atoms with E-state index < -0.39 is 25.8 Å². The molecule has 0 radical (unpaired) electrons. The lowest BCUT2D eigenvalue weighted by Gasteiger charge is -2.19. The van der Waals surface area contributed by atoms with Gasteiger partial charge in [0.15, 0.2) is 0 Å². The van der Waals surface area contributed by atoms with Gasteiger partial charge in [0, 0.05) is 11.1 Å². The number of nitrogens with one attached hydrogen (secondary N) is 1. The van der Waals surface area contributed by atoms with E-state index in [1.165, 1.54) is 24.3 Å². The van der Waals surface area contributed by atoms with Crippen LogP contribution in [0.25, 0.3) is 0 Å². The van der Waals surface area contributed by atoms with Gasteiger partial charge >= 0.3 is 0 Å². The Bertz CT molecular complexity index is 1610. The molecule has 4 rings (SSSR count). The number of allylic oxidation sites excluding steroid dienone is 2. The van der Waals surface area contributed by atoms with Crippen molar-refractivity contribution in [3.63, 3.8) is 0 Å². The van der Waals surface area contributed by atoms with Crippen molar-refractivity contribution in [3.8, 4) is 0 Å². The van der Waals surface area contributed by atoms with Crippen molar-refractivity contribution in [2.45, 2.75) is 37.5 Å². The Morgan fingerprint density at radius 1 is 0.743 bits per heavy atom. The largest absolute Gasteiger partial charge is 0.287 e. The van der Waals surface area contributed by atoms with Crippen molar-refractivity contribution < 1.29 is 21.6 Å². The molecule has 3 aromatic rings. The van der Waals surface area contributed by atoms with Crippen LogP contribution in [0.1, 0.15) is 38.2 Å². The maximum atomic E-state index is 13.3. The molecule has 0 aliphatic heterocycles. The number of sulfonamides is 2. The fourth-order valence-electron chi connectivity index (χ4n) is 4.15. The van der Waals surface area contributed by atoms with Gasteiger partial charge in [0.2, 0.25) is 5.78 Å². The molecule has 9 heteroatoms. The van der Waals surface area contributed by atoms with Crippen LogP contribution in [0, 0.1) is 27.7 Å². The first-order chi connectivity index (χ1) is 16.4. The third-order valence-electron chi connectivity index (χ3n) is 5.63. The second-order valence-electron chi connectivity index (χ2n) is 8.53. The summed E-state index contributed by atoms with van der Waals surface area (Å²) >= 11 is 0. The second-order valence-corrected chi connectivity index (χ2v) is 11.8. The molecular weight excluding hydrogens is 484 g/mol. The second kappa shape index (κ2) is 8.90. The van der Waals surface area contributed by atoms with Gasteiger partial charge in [0.05, 0.1) is 21.2 Å². The van der Waals surface area contributed by atoms with E-state index in [9.17, 15) is 21.6 Å². The minimum Gasteiger partial charge on any atom is -0.287 e. The summed E-state index contributed by atoms with van der Waals surface area (Å²) in [6, 6.07) is 16.0. The smallest absolute Gasteiger partial charge is 0.283 e. The summed E-state index contributed by atoms with van der Waals surface area (Å²) in [5.41, 5.74) is 3.06. The Morgan fingerprint density at radius 2 is 1.31 bits per heavy atom. The predicted octanol–water partition coefficient (Wildman–Crippen LogP) is 4.16. The molecular formula is C26H24N2O5S2. The number of Topliss-reactive ketones (excluding diaryl/α,β-unsaturated/α-hetero) is 1. The molecule has 0 amide bonds. The SMILES string of the molecule is Cc1ccc(S(=O)(=O)NC2=C/C(=N/S(=O)(=O)c3c(C)cc(C)cc3C)c3ccccc3C2=O)cc1. The van der Waals surface area contributed by atoms with Crippen LogP contribution in [0.2, 0.25) is 0 Å². The van der Waals surface area contributed by atoms with E-state index in [4.69, 9.17) is 0 Å². The highest BCUT2D eigenvalue weighted by atomic mass is 32.2. The fraction of sp³-hybridized carbons (Fsp3) is 0.154. The van der Waals surface area contributed by atoms with Crippen molar-refractivity contribution in [1.29, 1.82) is 0 Å². The van der Waals surface area contributed by atoms with Gasteiger partial charge in [0.25, 0.3) is 20.0 Å². The van der Waals surface area contributed by atoms with Crippen molar-refractivity contribution in [3.05, 3.63) is 106 Å². The van der Waals surface area contributed by atoms with Crippen LogP contribution in [-0.2, 0) is 20.0 Å². The van der Waals surface area contributed by atoms with Crippen LogP contribution in [-0.4, -0.2) is 28.3 Å². The third-order valence-corrected chi connectivity index (χ3v) is 8.61. The molecule has 1 aliphatic rings. The molecule has 0 aromatic heterocycles. The van der Waals surface area contributed by atoms with Crippen molar-refractivity contribution in [2.24, 2.45) is 4.40 Å². The molecule has 0 fully saturated rings. The molecule has 0 spiro atoms. The lowest BCUT2D eigenvalue weighted by Crippen LogP contribution is -2.31. The molecule has 180 valence electrons. The molecule has 0 heterocycles. The van der Waals surface area contributed by atoms with Crippen LogP contribution < -0.4 is 4.72 Å². The quantitative estimate of drug-likeness (QED) is 0.557. The highest BCUT2D eigenvalue weighted by molar-refractivity contribution is 7.90. The van der Waals surface area contributed by atoms with Crippen LogP contribution in [0.5, 0.6) is 0 Å². The number of fused-ring (bicyclic) bond motifs is 1. The summed E-state index contributed by atoms with van der Waals surface area (Å²) in [4.78, 5) is 13.2. The van der Waals surface area contributed by atoms with E-state index in [0.29, 0.717) is 16.7 Å². The molecule has 0 bridgehead atoms. The number of aryl methyl sites for hydroxylation is 4. The summed E-state index contributed by atoms with van der Waals surface area (Å²) in [5.74, 6) is -0.574. The number of hydrogen-bond donors (Lipinski definition) is 1. The monoisotopic (exact) mass is 508 g/mol. The molecule has 0 atom stereocenters. The maximum Gasteiger partial charge on any atom is 0.283 e. The molecule has 0 saturated carbocycles. The fourth-order valence-corrected chi connectivity index (χ4v) is 6.64. The summed E-state index contributed by atoms with van der Waals surface area (Å²) < 4.78 is 59.0. The Kier molecular flexibility index (Phi) is 6.25. The average molecular weight is 509 g/mol. The number of ketones is 1. The number of hydrogen-bond acceptors (Lipinski definition) is 5. The Balaban J connectivity index is 1.85. The van der Waals surface area contributed by atoms with Gasteiger partial charge in [-0.25, -0.2) is 8.42 Å². The van der Waals surface area contributed by atoms with E-state index in [1.54, 1.807) is 56.3 Å². The molecule has 3 aromatic carbocycles. The van der Waals surface area contributed by atoms with Crippen molar-refractivity contribution in [1.82, 2.24) is 4.72 Å². The summed E-state index contributed by atoms with van der Waals surface area (Å²) in [5, 5.41) is 0. The molecule has 0 unspecified atom stereocenters. The first-order valence-corrected chi connectivity index (χ1v) is 13.7. The summed E-state index contributed by atoms with van der Waals surface area (Å²) in [6.45, 7) is 7.10. The molecule has 1 aliphatic carbocycles. The van der Waals surface area contributed by atoms with Gasteiger partial charge in [-0.15, -0.1) is 0 Å². The van der Waals surface area contributed by atoms with Crippen LogP contribution in [0.4, 0.5) is 0 Å². The van der Waals surface area contributed by atoms with Crippen molar-refractivity contribution in [2.75, 3.05) is 0 Å². The normalized spacial score (nSPS) is 15.0. The zero-order chi connectivity index (χ0) is 25.5. The number of nitrogens with zero attached hydrogens (tertiary/aromatic N) is 1. The van der Waals surface area contributed by atoms with E-state index in [-0.39, 0.29) is 26.8 Å². The topological polar surface area (TPSA) is 110 Å². The van der Waals surface area contributed by atoms with Gasteiger partial charge in [-0.3, -0.25) is 9.52 Å². The number of carbonyl (C=O) groups is 1. The van der Waals surface area contributed by atoms with Gasteiger partial charge < -0.3 is 0 Å².